The highest BCUT2D eigenvalue weighted by Gasteiger charge is 2.75. The van der Waals surface area contributed by atoms with Crippen LogP contribution in [0.5, 0.6) is 0 Å². The summed E-state index contributed by atoms with van der Waals surface area (Å²) in [6.07, 6.45) is 9.52. The first-order valence-corrected chi connectivity index (χ1v) is 16.2. The van der Waals surface area contributed by atoms with Gasteiger partial charge in [0.15, 0.2) is 17.7 Å². The number of aliphatic hydroxyl groups is 1. The van der Waals surface area contributed by atoms with Crippen molar-refractivity contribution in [3.63, 3.8) is 0 Å². The average molecular weight is 582 g/mol. The molecule has 1 unspecified atom stereocenters. The molecule has 2 aromatic rings. The van der Waals surface area contributed by atoms with Gasteiger partial charge in [0.1, 0.15) is 5.60 Å². The third-order valence-corrected chi connectivity index (χ3v) is 13.0. The maximum atomic E-state index is 13.3. The molecule has 0 amide bonds. The van der Waals surface area contributed by atoms with E-state index in [0.29, 0.717) is 24.3 Å². The van der Waals surface area contributed by atoms with Crippen LogP contribution in [0, 0.1) is 11.3 Å². The summed E-state index contributed by atoms with van der Waals surface area (Å²) >= 11 is 0. The summed E-state index contributed by atoms with van der Waals surface area (Å²) in [4.78, 5) is 17.3. The molecule has 3 fully saturated rings. The smallest absolute Gasteiger partial charge is 0.195 e. The molecule has 0 radical (unpaired) electrons. The fourth-order valence-electron chi connectivity index (χ4n) is 11.0. The van der Waals surface area contributed by atoms with Gasteiger partial charge in [-0.25, -0.2) is 0 Å². The van der Waals surface area contributed by atoms with E-state index in [1.165, 1.54) is 38.9 Å². The topological polar surface area (TPSA) is 80.8 Å². The summed E-state index contributed by atoms with van der Waals surface area (Å²) in [5.41, 5.74) is 6.04. The van der Waals surface area contributed by atoms with Crippen molar-refractivity contribution in [3.05, 3.63) is 57.8 Å². The van der Waals surface area contributed by atoms with Crippen LogP contribution >= 0.6 is 0 Å². The zero-order valence-electron chi connectivity index (χ0n) is 26.7. The van der Waals surface area contributed by atoms with Crippen LogP contribution in [0.3, 0.4) is 0 Å². The Labute approximate surface area is 253 Å². The van der Waals surface area contributed by atoms with Crippen LogP contribution in [0.2, 0.25) is 0 Å². The zero-order valence-corrected chi connectivity index (χ0v) is 26.7. The lowest BCUT2D eigenvalue weighted by molar-refractivity contribution is -0.247. The predicted molar refractivity (Wildman–Crippen MR) is 165 cm³/mol. The van der Waals surface area contributed by atoms with E-state index in [1.807, 2.05) is 13.8 Å². The Morgan fingerprint density at radius 1 is 0.953 bits per heavy atom. The molecular formula is C37H43NO5. The van der Waals surface area contributed by atoms with Crippen molar-refractivity contribution < 1.29 is 24.1 Å². The normalized spacial score (nSPS) is 42.3. The van der Waals surface area contributed by atoms with Crippen LogP contribution in [-0.4, -0.2) is 50.2 Å². The van der Waals surface area contributed by atoms with Gasteiger partial charge in [0, 0.05) is 39.4 Å². The van der Waals surface area contributed by atoms with Crippen LogP contribution in [-0.2, 0) is 30.8 Å². The molecule has 6 atom stereocenters. The second-order valence-corrected chi connectivity index (χ2v) is 16.5. The van der Waals surface area contributed by atoms with Crippen molar-refractivity contribution in [3.8, 4) is 0 Å². The lowest BCUT2D eigenvalue weighted by Gasteiger charge is -2.65. The number of carbonyl (C=O) groups is 1. The number of H-pyrrole nitrogens is 1. The Balaban J connectivity index is 1.19. The molecule has 9 rings (SSSR count). The summed E-state index contributed by atoms with van der Waals surface area (Å²) in [5.74, 6) is -0.714. The number of ketones is 1. The first-order chi connectivity index (χ1) is 19.9. The van der Waals surface area contributed by atoms with Crippen molar-refractivity contribution >= 4 is 28.3 Å². The van der Waals surface area contributed by atoms with E-state index >= 15 is 0 Å². The SMILES string of the molecule is CC1(C)C=C2C(=Cc3cc4c5c([nH]c4cc32)[C@@]2(C)[C@@H](CC[C@@]3(O)C4=CC(=O)C6O[C@@]4(CC[C@@]32C)OC6(C)C)C5)C(C)(C)O1. The van der Waals surface area contributed by atoms with E-state index in [-0.39, 0.29) is 22.4 Å². The largest absolute Gasteiger partial charge is 0.385 e. The van der Waals surface area contributed by atoms with Gasteiger partial charge >= 0.3 is 0 Å². The second-order valence-electron chi connectivity index (χ2n) is 16.5. The molecule has 6 nitrogen and oxygen atoms in total. The third kappa shape index (κ3) is 2.89. The molecule has 226 valence electrons. The monoisotopic (exact) mass is 581 g/mol. The Kier molecular flexibility index (Phi) is 4.56. The molecule has 7 aliphatic rings. The average Bonchev–Trinajstić information content (AvgIpc) is 3.58. The summed E-state index contributed by atoms with van der Waals surface area (Å²) in [6, 6.07) is 4.72. The standard InChI is InChI=1S/C37H43NO5/c1-31(2)18-24-21-16-26-22(13-19(21)14-25(24)32(3,4)42-31)23-15-20-9-10-36(40)28-17-27(39)30-33(5,6)43-37(28,41-30)12-11-34(36,7)35(20,8)29(23)38-26/h13-14,16-18,20,30,38,40H,9-12,15H2,1-8H3/t20-,30?,34+,35+,36+,37-/m0/s1. The van der Waals surface area contributed by atoms with E-state index in [4.69, 9.17) is 14.2 Å². The van der Waals surface area contributed by atoms with Crippen LogP contribution in [0.15, 0.2) is 35.4 Å². The third-order valence-electron chi connectivity index (χ3n) is 13.0. The Hall–Kier alpha value is -2.51. The highest BCUT2D eigenvalue weighted by Crippen LogP contribution is 2.72. The zero-order chi connectivity index (χ0) is 30.3. The molecule has 2 N–H and O–H groups in total. The minimum absolute atomic E-state index is 0.0912. The Bertz CT molecular complexity index is 1800. The van der Waals surface area contributed by atoms with Gasteiger partial charge < -0.3 is 24.3 Å². The van der Waals surface area contributed by atoms with Gasteiger partial charge in [-0.15, -0.1) is 0 Å². The summed E-state index contributed by atoms with van der Waals surface area (Å²) < 4.78 is 19.5. The molecule has 6 heteroatoms. The molecule has 1 saturated heterocycles. The Morgan fingerprint density at radius 2 is 1.72 bits per heavy atom. The molecule has 2 saturated carbocycles. The molecule has 1 spiro atoms. The van der Waals surface area contributed by atoms with Gasteiger partial charge in [0.05, 0.1) is 16.8 Å². The summed E-state index contributed by atoms with van der Waals surface area (Å²) in [5, 5.41) is 14.2. The Morgan fingerprint density at radius 3 is 2.49 bits per heavy atom. The van der Waals surface area contributed by atoms with Crippen LogP contribution < -0.4 is 0 Å². The highest BCUT2D eigenvalue weighted by molar-refractivity contribution is 6.02. The summed E-state index contributed by atoms with van der Waals surface area (Å²) in [7, 11) is 0. The predicted octanol–water partition coefficient (Wildman–Crippen LogP) is 6.69. The number of aromatic amines is 1. The fraction of sp³-hybridized carbons (Fsp3) is 0.595. The van der Waals surface area contributed by atoms with Crippen molar-refractivity contribution in [1.82, 2.24) is 4.98 Å². The van der Waals surface area contributed by atoms with Gasteiger partial charge in [0.25, 0.3) is 0 Å². The van der Waals surface area contributed by atoms with E-state index in [2.05, 4.69) is 70.8 Å². The number of hydrogen-bond acceptors (Lipinski definition) is 5. The number of fused-ring (bicyclic) bond motifs is 12. The number of ether oxygens (including phenoxy) is 3. The number of hydrogen-bond donors (Lipinski definition) is 2. The van der Waals surface area contributed by atoms with Crippen LogP contribution in [0.1, 0.15) is 103 Å². The number of aromatic nitrogens is 1. The molecule has 1 aromatic carbocycles. The minimum atomic E-state index is -1.21. The van der Waals surface area contributed by atoms with Crippen molar-refractivity contribution in [2.45, 2.75) is 127 Å². The molecule has 1 aromatic heterocycles. The molecule has 4 heterocycles. The van der Waals surface area contributed by atoms with E-state index in [9.17, 15) is 9.90 Å². The van der Waals surface area contributed by atoms with Crippen LogP contribution in [0.4, 0.5) is 0 Å². The first-order valence-electron chi connectivity index (χ1n) is 16.2. The fourth-order valence-corrected chi connectivity index (χ4v) is 11.0. The van der Waals surface area contributed by atoms with E-state index < -0.39 is 28.5 Å². The van der Waals surface area contributed by atoms with E-state index in [1.54, 1.807) is 6.08 Å². The van der Waals surface area contributed by atoms with Crippen LogP contribution in [0.25, 0.3) is 22.6 Å². The first kappa shape index (κ1) is 26.9. The highest BCUT2D eigenvalue weighted by atomic mass is 16.8. The van der Waals surface area contributed by atoms with Gasteiger partial charge in [-0.1, -0.05) is 13.8 Å². The maximum Gasteiger partial charge on any atom is 0.195 e. The lowest BCUT2D eigenvalue weighted by atomic mass is 9.42. The lowest BCUT2D eigenvalue weighted by Crippen LogP contribution is -2.69. The number of rotatable bonds is 0. The number of benzene rings is 1. The molecule has 4 aliphatic carbocycles. The second kappa shape index (κ2) is 7.31. The molecule has 3 aliphatic heterocycles. The van der Waals surface area contributed by atoms with Crippen molar-refractivity contribution in [2.75, 3.05) is 0 Å². The van der Waals surface area contributed by atoms with Gasteiger partial charge in [-0.2, -0.15) is 0 Å². The molecule has 43 heavy (non-hydrogen) atoms. The number of nitrogens with one attached hydrogen (secondary N) is 1. The van der Waals surface area contributed by atoms with Crippen molar-refractivity contribution in [2.24, 2.45) is 11.3 Å². The quantitative estimate of drug-likeness (QED) is 0.362. The minimum Gasteiger partial charge on any atom is -0.385 e. The van der Waals surface area contributed by atoms with Gasteiger partial charge in [0.2, 0.25) is 0 Å². The molecular weight excluding hydrogens is 538 g/mol. The van der Waals surface area contributed by atoms with E-state index in [0.717, 1.165) is 24.8 Å². The summed E-state index contributed by atoms with van der Waals surface area (Å²) in [6.45, 7) is 17.1. The van der Waals surface area contributed by atoms with Gasteiger partial charge in [-0.3, -0.25) is 4.79 Å². The molecule has 2 bridgehead atoms. The number of carbonyl (C=O) groups excluding carboxylic acids is 1. The van der Waals surface area contributed by atoms with Gasteiger partial charge in [-0.05, 0) is 131 Å². The maximum absolute atomic E-state index is 13.3. The van der Waals surface area contributed by atoms with Crippen molar-refractivity contribution in [1.29, 1.82) is 0 Å².